The highest BCUT2D eigenvalue weighted by molar-refractivity contribution is 5.81. The van der Waals surface area contributed by atoms with E-state index in [0.29, 0.717) is 26.1 Å². The van der Waals surface area contributed by atoms with Crippen molar-refractivity contribution >= 4 is 5.91 Å². The van der Waals surface area contributed by atoms with Gasteiger partial charge in [-0.3, -0.25) is 4.79 Å². The minimum Gasteiger partial charge on any atom is -0.382 e. The number of aliphatic hydroxyl groups excluding tert-OH is 1. The Kier molecular flexibility index (Phi) is 9.71. The maximum atomic E-state index is 13.7. The molecule has 0 saturated heterocycles. The maximum absolute atomic E-state index is 13.7. The van der Waals surface area contributed by atoms with Crippen LogP contribution >= 0.6 is 0 Å². The summed E-state index contributed by atoms with van der Waals surface area (Å²) >= 11 is 0. The van der Waals surface area contributed by atoms with Crippen molar-refractivity contribution in [3.05, 3.63) is 71.3 Å². The summed E-state index contributed by atoms with van der Waals surface area (Å²) in [6.07, 6.45) is -0.711. The van der Waals surface area contributed by atoms with Crippen LogP contribution in [0.15, 0.2) is 48.5 Å². The number of nitrogens with one attached hydrogen (secondary N) is 2. The van der Waals surface area contributed by atoms with Gasteiger partial charge < -0.3 is 27.2 Å². The zero-order valence-electron chi connectivity index (χ0n) is 18.7. The lowest BCUT2D eigenvalue weighted by molar-refractivity contribution is -0.130. The molecule has 0 bridgehead atoms. The zero-order chi connectivity index (χ0) is 23.7. The van der Waals surface area contributed by atoms with E-state index in [4.69, 9.17) is 11.5 Å². The normalized spacial score (nSPS) is 14.6. The van der Waals surface area contributed by atoms with Gasteiger partial charge in [0.05, 0.1) is 0 Å². The number of hydrogen-bond donors (Lipinski definition) is 5. The number of nitrogens with two attached hydrogens (primary N) is 2. The highest BCUT2D eigenvalue weighted by Gasteiger charge is 2.26. The number of aliphatic hydroxyl groups is 1. The van der Waals surface area contributed by atoms with Gasteiger partial charge in [-0.05, 0) is 47.6 Å². The Morgan fingerprint density at radius 1 is 1.06 bits per heavy atom. The van der Waals surface area contributed by atoms with Crippen molar-refractivity contribution in [3.8, 4) is 0 Å². The molecule has 0 spiro atoms. The molecule has 0 fully saturated rings. The van der Waals surface area contributed by atoms with Gasteiger partial charge in [-0.25, -0.2) is 8.78 Å². The van der Waals surface area contributed by atoms with Crippen molar-refractivity contribution in [2.75, 3.05) is 19.6 Å². The number of rotatable bonds is 12. The number of hydrogen-bond acceptors (Lipinski definition) is 5. The van der Waals surface area contributed by atoms with Gasteiger partial charge in [-0.1, -0.05) is 44.2 Å². The van der Waals surface area contributed by atoms with Crippen molar-refractivity contribution in [2.45, 2.75) is 44.9 Å². The summed E-state index contributed by atoms with van der Waals surface area (Å²) in [4.78, 5) is 12.3. The molecule has 0 aromatic heterocycles. The highest BCUT2D eigenvalue weighted by atomic mass is 19.1. The molecule has 2 aromatic carbocycles. The van der Waals surface area contributed by atoms with Crippen LogP contribution in [0.2, 0.25) is 0 Å². The molecule has 1 unspecified atom stereocenters. The smallest absolute Gasteiger partial charge is 0.250 e. The molecule has 3 atom stereocenters. The summed E-state index contributed by atoms with van der Waals surface area (Å²) in [6, 6.07) is 11.7. The van der Waals surface area contributed by atoms with Gasteiger partial charge in [0.2, 0.25) is 5.91 Å². The summed E-state index contributed by atoms with van der Waals surface area (Å²) in [5.41, 5.74) is 12.9. The Morgan fingerprint density at radius 2 is 1.75 bits per heavy atom. The van der Waals surface area contributed by atoms with Crippen LogP contribution in [0.4, 0.5) is 8.78 Å². The number of benzene rings is 2. The fourth-order valence-corrected chi connectivity index (χ4v) is 3.34. The monoisotopic (exact) mass is 448 g/mol. The first-order valence-electron chi connectivity index (χ1n) is 10.7. The SMILES string of the molecule is CC(C)(CNCC(N)Cc1cc(F)ccc1F)CNC(=O)[C@@H](O)[C@H](N)Cc1ccccc1. The van der Waals surface area contributed by atoms with Gasteiger partial charge >= 0.3 is 0 Å². The Hall–Kier alpha value is -2.39. The average molecular weight is 449 g/mol. The van der Waals surface area contributed by atoms with E-state index in [1.54, 1.807) is 0 Å². The summed E-state index contributed by atoms with van der Waals surface area (Å²) in [5, 5.41) is 16.2. The van der Waals surface area contributed by atoms with Gasteiger partial charge in [0.1, 0.15) is 17.7 Å². The van der Waals surface area contributed by atoms with Crippen LogP contribution in [-0.4, -0.2) is 48.8 Å². The Balaban J connectivity index is 1.72. The third kappa shape index (κ3) is 8.63. The molecule has 32 heavy (non-hydrogen) atoms. The molecule has 2 aromatic rings. The highest BCUT2D eigenvalue weighted by Crippen LogP contribution is 2.14. The summed E-state index contributed by atoms with van der Waals surface area (Å²) < 4.78 is 27.0. The second-order valence-electron chi connectivity index (χ2n) is 9.01. The summed E-state index contributed by atoms with van der Waals surface area (Å²) in [7, 11) is 0. The number of carbonyl (C=O) groups excluding carboxylic acids is 1. The number of carbonyl (C=O) groups is 1. The Bertz CT molecular complexity index is 864. The fraction of sp³-hybridized carbons (Fsp3) is 0.458. The predicted octanol–water partition coefficient (Wildman–Crippen LogP) is 1.50. The molecule has 0 aliphatic rings. The van der Waals surface area contributed by atoms with Gasteiger partial charge in [0.15, 0.2) is 0 Å². The molecule has 0 saturated carbocycles. The van der Waals surface area contributed by atoms with E-state index in [1.807, 2.05) is 44.2 Å². The third-order valence-corrected chi connectivity index (χ3v) is 5.23. The number of amides is 1. The van der Waals surface area contributed by atoms with Crippen LogP contribution in [0.1, 0.15) is 25.0 Å². The first-order chi connectivity index (χ1) is 15.1. The van der Waals surface area contributed by atoms with E-state index in [0.717, 1.165) is 23.8 Å². The molecular weight excluding hydrogens is 414 g/mol. The second kappa shape index (κ2) is 12.0. The molecule has 0 aliphatic carbocycles. The predicted molar refractivity (Wildman–Crippen MR) is 122 cm³/mol. The van der Waals surface area contributed by atoms with Crippen molar-refractivity contribution in [2.24, 2.45) is 16.9 Å². The Labute approximate surface area is 188 Å². The zero-order valence-corrected chi connectivity index (χ0v) is 18.7. The van der Waals surface area contributed by atoms with Crippen LogP contribution in [0, 0.1) is 17.0 Å². The quantitative estimate of drug-likeness (QED) is 0.338. The van der Waals surface area contributed by atoms with E-state index >= 15 is 0 Å². The standard InChI is InChI=1S/C24H34F2N4O2/c1-24(2,14-29-13-19(27)12-17-11-18(25)8-9-20(17)26)15-30-23(32)22(31)21(28)10-16-6-4-3-5-7-16/h3-9,11,19,21-22,29,31H,10,12-15,27-28H2,1-2H3,(H,30,32)/t19?,21-,22+/m1/s1. The largest absolute Gasteiger partial charge is 0.382 e. The van der Waals surface area contributed by atoms with Crippen LogP contribution in [0.3, 0.4) is 0 Å². The molecule has 176 valence electrons. The Morgan fingerprint density at radius 3 is 2.44 bits per heavy atom. The van der Waals surface area contributed by atoms with E-state index < -0.39 is 35.7 Å². The summed E-state index contributed by atoms with van der Waals surface area (Å²) in [5.74, 6) is -1.49. The summed E-state index contributed by atoms with van der Waals surface area (Å²) in [6.45, 7) is 5.15. The lowest BCUT2D eigenvalue weighted by Crippen LogP contribution is -2.50. The third-order valence-electron chi connectivity index (χ3n) is 5.23. The molecule has 0 radical (unpaired) electrons. The van der Waals surface area contributed by atoms with Gasteiger partial charge in [-0.15, -0.1) is 0 Å². The van der Waals surface area contributed by atoms with Gasteiger partial charge in [0, 0.05) is 31.7 Å². The van der Waals surface area contributed by atoms with Crippen molar-refractivity contribution in [3.63, 3.8) is 0 Å². The topological polar surface area (TPSA) is 113 Å². The molecule has 6 nitrogen and oxygen atoms in total. The molecule has 8 heteroatoms. The van der Waals surface area contributed by atoms with Crippen molar-refractivity contribution < 1.29 is 18.7 Å². The van der Waals surface area contributed by atoms with Crippen LogP contribution in [0.25, 0.3) is 0 Å². The van der Waals surface area contributed by atoms with Gasteiger partial charge in [0.25, 0.3) is 0 Å². The van der Waals surface area contributed by atoms with E-state index in [-0.39, 0.29) is 17.4 Å². The molecule has 0 heterocycles. The molecular formula is C24H34F2N4O2. The lowest BCUT2D eigenvalue weighted by atomic mass is 9.92. The van der Waals surface area contributed by atoms with E-state index in [1.165, 1.54) is 0 Å². The first kappa shape index (κ1) is 25.9. The van der Waals surface area contributed by atoms with Crippen LogP contribution < -0.4 is 22.1 Å². The van der Waals surface area contributed by atoms with Crippen LogP contribution in [0.5, 0.6) is 0 Å². The van der Waals surface area contributed by atoms with E-state index in [2.05, 4.69) is 10.6 Å². The van der Waals surface area contributed by atoms with Gasteiger partial charge in [-0.2, -0.15) is 0 Å². The average Bonchev–Trinajstić information content (AvgIpc) is 2.74. The molecule has 7 N–H and O–H groups in total. The fourth-order valence-electron chi connectivity index (χ4n) is 3.34. The molecule has 1 amide bonds. The second-order valence-corrected chi connectivity index (χ2v) is 9.01. The number of halogens is 2. The minimum atomic E-state index is -1.31. The molecule has 0 aliphatic heterocycles. The van der Waals surface area contributed by atoms with E-state index in [9.17, 15) is 18.7 Å². The first-order valence-corrected chi connectivity index (χ1v) is 10.7. The van der Waals surface area contributed by atoms with Crippen molar-refractivity contribution in [1.82, 2.24) is 10.6 Å². The minimum absolute atomic E-state index is 0.208. The van der Waals surface area contributed by atoms with Crippen LogP contribution in [-0.2, 0) is 17.6 Å². The lowest BCUT2D eigenvalue weighted by Gasteiger charge is -2.27. The molecule has 2 rings (SSSR count). The van der Waals surface area contributed by atoms with Crippen molar-refractivity contribution in [1.29, 1.82) is 0 Å². The maximum Gasteiger partial charge on any atom is 0.250 e.